The van der Waals surface area contributed by atoms with Gasteiger partial charge in [0.05, 0.1) is 12.7 Å². The number of ether oxygens (including phenoxy) is 2. The van der Waals surface area contributed by atoms with Gasteiger partial charge in [-0.2, -0.15) is 0 Å². The van der Waals surface area contributed by atoms with E-state index in [1.165, 1.54) is 6.42 Å². The molecule has 1 aromatic carbocycles. The molecule has 4 rings (SSSR count). The second kappa shape index (κ2) is 8.52. The van der Waals surface area contributed by atoms with Crippen LogP contribution >= 0.6 is 0 Å². The maximum absolute atomic E-state index is 13.4. The van der Waals surface area contributed by atoms with E-state index in [1.54, 1.807) is 7.11 Å². The fraction of sp³-hybridized carbons (Fsp3) is 0.538. The van der Waals surface area contributed by atoms with Crippen molar-refractivity contribution in [1.29, 1.82) is 0 Å². The Morgan fingerprint density at radius 1 is 1.06 bits per heavy atom. The number of carbonyl (C=O) groups is 2. The van der Waals surface area contributed by atoms with Gasteiger partial charge >= 0.3 is 5.97 Å². The van der Waals surface area contributed by atoms with Crippen molar-refractivity contribution in [1.82, 2.24) is 5.32 Å². The summed E-state index contributed by atoms with van der Waals surface area (Å²) in [4.78, 5) is 26.7. The molecule has 0 amide bonds. The summed E-state index contributed by atoms with van der Waals surface area (Å²) in [5, 5.41) is 3.41. The van der Waals surface area contributed by atoms with Crippen LogP contribution in [-0.4, -0.2) is 25.0 Å². The van der Waals surface area contributed by atoms with Gasteiger partial charge in [-0.1, -0.05) is 32.4 Å². The molecule has 0 unspecified atom stereocenters. The Kier molecular flexibility index (Phi) is 5.96. The van der Waals surface area contributed by atoms with E-state index in [1.807, 2.05) is 31.2 Å². The SMILES string of the molecule is COc1ccc([C@H]2C(C(=O)OC3CCCCC3)=C(C)NC3=C2C(=O)CC(C)(C)C3)cc1. The van der Waals surface area contributed by atoms with E-state index in [0.717, 1.165) is 54.8 Å². The Morgan fingerprint density at radius 3 is 2.39 bits per heavy atom. The predicted octanol–water partition coefficient (Wildman–Crippen LogP) is 5.18. The topological polar surface area (TPSA) is 64.6 Å². The van der Waals surface area contributed by atoms with Crippen molar-refractivity contribution >= 4 is 11.8 Å². The van der Waals surface area contributed by atoms with E-state index in [4.69, 9.17) is 9.47 Å². The molecule has 5 nitrogen and oxygen atoms in total. The Bertz CT molecular complexity index is 933. The van der Waals surface area contributed by atoms with E-state index >= 15 is 0 Å². The van der Waals surface area contributed by atoms with Crippen LogP contribution in [0.15, 0.2) is 46.8 Å². The molecule has 0 bridgehead atoms. The zero-order valence-corrected chi connectivity index (χ0v) is 19.0. The van der Waals surface area contributed by atoms with E-state index < -0.39 is 5.92 Å². The molecular formula is C26H33NO4. The zero-order valence-electron chi connectivity index (χ0n) is 19.0. The number of carbonyl (C=O) groups excluding carboxylic acids is 2. The normalized spacial score (nSPS) is 23.9. The lowest BCUT2D eigenvalue weighted by molar-refractivity contribution is -0.146. The quantitative estimate of drug-likeness (QED) is 0.677. The number of nitrogens with one attached hydrogen (secondary N) is 1. The molecule has 0 saturated heterocycles. The average molecular weight is 424 g/mol. The minimum Gasteiger partial charge on any atom is -0.497 e. The fourth-order valence-electron chi connectivity index (χ4n) is 5.23. The van der Waals surface area contributed by atoms with Crippen LogP contribution in [0, 0.1) is 5.41 Å². The molecule has 31 heavy (non-hydrogen) atoms. The summed E-state index contributed by atoms with van der Waals surface area (Å²) in [7, 11) is 1.63. The van der Waals surface area contributed by atoms with Crippen LogP contribution < -0.4 is 10.1 Å². The van der Waals surface area contributed by atoms with Gasteiger partial charge in [0.15, 0.2) is 5.78 Å². The minimum absolute atomic E-state index is 0.0329. The monoisotopic (exact) mass is 423 g/mol. The highest BCUT2D eigenvalue weighted by molar-refractivity contribution is 6.04. The van der Waals surface area contributed by atoms with Gasteiger partial charge in [-0.15, -0.1) is 0 Å². The number of dihydropyridines is 1. The zero-order chi connectivity index (χ0) is 22.2. The number of methoxy groups -OCH3 is 1. The first-order chi connectivity index (χ1) is 14.8. The van der Waals surface area contributed by atoms with Crippen molar-refractivity contribution in [2.75, 3.05) is 7.11 Å². The first kappa shape index (κ1) is 21.7. The van der Waals surface area contributed by atoms with Crippen molar-refractivity contribution < 1.29 is 19.1 Å². The molecular weight excluding hydrogens is 390 g/mol. The van der Waals surface area contributed by atoms with Crippen LogP contribution in [0.2, 0.25) is 0 Å². The lowest BCUT2D eigenvalue weighted by Gasteiger charge is -2.39. The second-order valence-corrected chi connectivity index (χ2v) is 9.87. The first-order valence-electron chi connectivity index (χ1n) is 11.4. The number of hydrogen-bond acceptors (Lipinski definition) is 5. The maximum Gasteiger partial charge on any atom is 0.337 e. The first-order valence-corrected chi connectivity index (χ1v) is 11.4. The van der Waals surface area contributed by atoms with Gasteiger partial charge in [-0.25, -0.2) is 4.79 Å². The van der Waals surface area contributed by atoms with Crippen LogP contribution in [0.3, 0.4) is 0 Å². The highest BCUT2D eigenvalue weighted by Gasteiger charge is 2.43. The van der Waals surface area contributed by atoms with Crippen molar-refractivity contribution in [2.45, 2.75) is 77.7 Å². The number of ketones is 1. The molecule has 1 heterocycles. The predicted molar refractivity (Wildman–Crippen MR) is 120 cm³/mol. The van der Waals surface area contributed by atoms with Crippen molar-refractivity contribution in [2.24, 2.45) is 5.41 Å². The van der Waals surface area contributed by atoms with E-state index in [2.05, 4.69) is 19.2 Å². The molecule has 1 atom stereocenters. The maximum atomic E-state index is 13.4. The van der Waals surface area contributed by atoms with Gasteiger partial charge in [0.1, 0.15) is 11.9 Å². The third-order valence-electron chi connectivity index (χ3n) is 6.73. The number of rotatable bonds is 4. The summed E-state index contributed by atoms with van der Waals surface area (Å²) in [5.74, 6) is 0.133. The molecule has 1 fully saturated rings. The smallest absolute Gasteiger partial charge is 0.337 e. The van der Waals surface area contributed by atoms with E-state index in [0.29, 0.717) is 17.6 Å². The van der Waals surface area contributed by atoms with Crippen LogP contribution in [0.4, 0.5) is 0 Å². The Hall–Kier alpha value is -2.56. The summed E-state index contributed by atoms with van der Waals surface area (Å²) in [6.07, 6.45) is 6.45. The molecule has 1 saturated carbocycles. The highest BCUT2D eigenvalue weighted by atomic mass is 16.5. The molecule has 1 aromatic rings. The van der Waals surface area contributed by atoms with Gasteiger partial charge in [0.2, 0.25) is 0 Å². The molecule has 1 aliphatic heterocycles. The van der Waals surface area contributed by atoms with Gasteiger partial charge in [0, 0.05) is 29.3 Å². The van der Waals surface area contributed by atoms with Crippen LogP contribution in [0.1, 0.15) is 77.2 Å². The van der Waals surface area contributed by atoms with Crippen molar-refractivity contribution in [3.8, 4) is 5.75 Å². The second-order valence-electron chi connectivity index (χ2n) is 9.87. The molecule has 0 aromatic heterocycles. The molecule has 2 aliphatic carbocycles. The summed E-state index contributed by atoms with van der Waals surface area (Å²) in [6.45, 7) is 6.15. The number of esters is 1. The molecule has 5 heteroatoms. The van der Waals surface area contributed by atoms with Crippen molar-refractivity contribution in [3.63, 3.8) is 0 Å². The highest BCUT2D eigenvalue weighted by Crippen LogP contribution is 2.47. The number of Topliss-reactive ketones (excluding diaryl/α,β-unsaturated/α-hetero) is 1. The number of allylic oxidation sites excluding steroid dienone is 3. The summed E-state index contributed by atoms with van der Waals surface area (Å²) < 4.78 is 11.3. The van der Waals surface area contributed by atoms with Crippen molar-refractivity contribution in [3.05, 3.63) is 52.4 Å². The number of hydrogen-bond donors (Lipinski definition) is 1. The molecule has 1 N–H and O–H groups in total. The van der Waals surface area contributed by atoms with E-state index in [-0.39, 0.29) is 23.3 Å². The van der Waals surface area contributed by atoms with Crippen LogP contribution in [0.25, 0.3) is 0 Å². The van der Waals surface area contributed by atoms with E-state index in [9.17, 15) is 9.59 Å². The third kappa shape index (κ3) is 4.41. The van der Waals surface area contributed by atoms with Gasteiger partial charge < -0.3 is 14.8 Å². The van der Waals surface area contributed by atoms with Gasteiger partial charge in [0.25, 0.3) is 0 Å². The largest absolute Gasteiger partial charge is 0.497 e. The van der Waals surface area contributed by atoms with Gasteiger partial charge in [-0.05, 0) is 62.1 Å². The molecule has 166 valence electrons. The fourth-order valence-corrected chi connectivity index (χ4v) is 5.23. The summed E-state index contributed by atoms with van der Waals surface area (Å²) >= 11 is 0. The molecule has 3 aliphatic rings. The lowest BCUT2D eigenvalue weighted by Crippen LogP contribution is -2.39. The average Bonchev–Trinajstić information content (AvgIpc) is 2.72. The summed E-state index contributed by atoms with van der Waals surface area (Å²) in [6, 6.07) is 7.67. The minimum atomic E-state index is -0.415. The Labute approximate surface area is 184 Å². The molecule has 0 spiro atoms. The van der Waals surface area contributed by atoms with Gasteiger partial charge in [-0.3, -0.25) is 4.79 Å². The Morgan fingerprint density at radius 2 is 1.74 bits per heavy atom. The molecule has 0 radical (unpaired) electrons. The Balaban J connectivity index is 1.75. The lowest BCUT2D eigenvalue weighted by atomic mass is 9.68. The summed E-state index contributed by atoms with van der Waals surface area (Å²) in [5.41, 5.74) is 3.80. The van der Waals surface area contributed by atoms with Crippen LogP contribution in [0.5, 0.6) is 5.75 Å². The third-order valence-corrected chi connectivity index (χ3v) is 6.73. The van der Waals surface area contributed by atoms with Crippen LogP contribution in [-0.2, 0) is 14.3 Å². The number of benzene rings is 1. The standard InChI is InChI=1S/C26H33NO4/c1-16-22(25(29)31-19-8-6-5-7-9-19)23(17-10-12-18(30-4)13-11-17)24-20(27-16)14-26(2,3)15-21(24)28/h10-13,19,23,27H,5-9,14-15H2,1-4H3/t23-/m0/s1.